The molecule has 2 N–H and O–H groups in total. The Kier molecular flexibility index (Phi) is 3.22. The first kappa shape index (κ1) is 12.1. The molecule has 0 unspecified atom stereocenters. The number of halogens is 1. The first-order chi connectivity index (χ1) is 8.00. The summed E-state index contributed by atoms with van der Waals surface area (Å²) >= 11 is 11.3. The number of rotatable bonds is 2. The fourth-order valence-electron chi connectivity index (χ4n) is 1.66. The van der Waals surface area contributed by atoms with Gasteiger partial charge in [0.05, 0.1) is 5.02 Å². The summed E-state index contributed by atoms with van der Waals surface area (Å²) in [5.74, 6) is 0.777. The van der Waals surface area contributed by atoms with E-state index in [-0.39, 0.29) is 11.8 Å². The van der Waals surface area contributed by atoms with Crippen molar-refractivity contribution in [2.45, 2.75) is 19.9 Å². The van der Waals surface area contributed by atoms with E-state index < -0.39 is 0 Å². The molecule has 0 atom stereocenters. The third-order valence-corrected chi connectivity index (χ3v) is 3.03. The van der Waals surface area contributed by atoms with Crippen LogP contribution in [0.25, 0.3) is 11.4 Å². The molecule has 0 saturated heterocycles. The van der Waals surface area contributed by atoms with Crippen molar-refractivity contribution in [2.24, 2.45) is 0 Å². The van der Waals surface area contributed by atoms with Gasteiger partial charge >= 0.3 is 0 Å². The summed E-state index contributed by atoms with van der Waals surface area (Å²) < 4.78 is 2.39. The normalized spacial score (nSPS) is 11.1. The fraction of sp³-hybridized carbons (Fsp3) is 0.273. The number of nitrogens with zero attached hydrogens (tertiary/aromatic N) is 2. The lowest BCUT2D eigenvalue weighted by Gasteiger charge is -2.11. The highest BCUT2D eigenvalue weighted by molar-refractivity contribution is 7.71. The van der Waals surface area contributed by atoms with E-state index in [1.165, 1.54) is 6.07 Å². The molecule has 0 aliphatic carbocycles. The topological polar surface area (TPSA) is 53.8 Å². The maximum Gasteiger partial charge on any atom is 0.195 e. The predicted molar refractivity (Wildman–Crippen MR) is 69.9 cm³/mol. The second-order valence-corrected chi connectivity index (χ2v) is 4.77. The zero-order valence-corrected chi connectivity index (χ0v) is 11.0. The second kappa shape index (κ2) is 4.50. The van der Waals surface area contributed by atoms with Crippen LogP contribution in [0.1, 0.15) is 19.9 Å². The minimum atomic E-state index is 0.147. The van der Waals surface area contributed by atoms with Gasteiger partial charge in [-0.15, -0.1) is 0 Å². The van der Waals surface area contributed by atoms with E-state index in [0.717, 1.165) is 0 Å². The zero-order chi connectivity index (χ0) is 12.6. The summed E-state index contributed by atoms with van der Waals surface area (Å²) in [5.41, 5.74) is 0.660. The second-order valence-electron chi connectivity index (χ2n) is 3.98. The molecule has 4 nitrogen and oxygen atoms in total. The molecule has 0 radical (unpaired) electrons. The van der Waals surface area contributed by atoms with Gasteiger partial charge in [-0.25, -0.2) is 0 Å². The average molecular weight is 270 g/mol. The Hall–Kier alpha value is -1.33. The van der Waals surface area contributed by atoms with Crippen LogP contribution in [0.15, 0.2) is 18.2 Å². The summed E-state index contributed by atoms with van der Waals surface area (Å²) in [4.78, 5) is 0. The molecule has 2 rings (SSSR count). The summed E-state index contributed by atoms with van der Waals surface area (Å²) in [6, 6.07) is 4.91. The number of nitrogens with one attached hydrogen (secondary N) is 1. The van der Waals surface area contributed by atoms with E-state index >= 15 is 0 Å². The number of phenols is 1. The van der Waals surface area contributed by atoms with Crippen molar-refractivity contribution in [3.05, 3.63) is 28.0 Å². The fourth-order valence-corrected chi connectivity index (χ4v) is 2.20. The first-order valence-corrected chi connectivity index (χ1v) is 5.95. The lowest BCUT2D eigenvalue weighted by molar-refractivity contribution is 0.475. The van der Waals surface area contributed by atoms with Gasteiger partial charge < -0.3 is 5.11 Å². The van der Waals surface area contributed by atoms with Crippen LogP contribution < -0.4 is 0 Å². The molecule has 0 aliphatic heterocycles. The van der Waals surface area contributed by atoms with E-state index in [2.05, 4.69) is 10.2 Å². The van der Waals surface area contributed by atoms with Gasteiger partial charge in [0.1, 0.15) is 5.75 Å². The van der Waals surface area contributed by atoms with Gasteiger partial charge in [0.15, 0.2) is 10.6 Å². The Morgan fingerprint density at radius 3 is 2.82 bits per heavy atom. The highest BCUT2D eigenvalue weighted by Gasteiger charge is 2.14. The average Bonchev–Trinajstić information content (AvgIpc) is 2.64. The van der Waals surface area contributed by atoms with Gasteiger partial charge in [-0.2, -0.15) is 5.10 Å². The summed E-state index contributed by atoms with van der Waals surface area (Å²) in [5, 5.41) is 16.9. The van der Waals surface area contributed by atoms with Crippen LogP contribution >= 0.6 is 23.8 Å². The van der Waals surface area contributed by atoms with Crippen LogP contribution in [0.5, 0.6) is 5.75 Å². The summed E-state index contributed by atoms with van der Waals surface area (Å²) in [6.45, 7) is 4.01. The van der Waals surface area contributed by atoms with Crippen molar-refractivity contribution < 1.29 is 5.11 Å². The molecule has 6 heteroatoms. The van der Waals surface area contributed by atoms with Crippen LogP contribution in [0, 0.1) is 4.77 Å². The number of hydrogen-bond donors (Lipinski definition) is 2. The molecule has 17 heavy (non-hydrogen) atoms. The van der Waals surface area contributed by atoms with Crippen LogP contribution in [0.3, 0.4) is 0 Å². The molecular formula is C11H12ClN3OS. The van der Waals surface area contributed by atoms with Gasteiger partial charge in [-0.3, -0.25) is 9.67 Å². The molecular weight excluding hydrogens is 258 g/mol. The van der Waals surface area contributed by atoms with Crippen LogP contribution in [0.4, 0.5) is 0 Å². The third kappa shape index (κ3) is 2.21. The molecule has 0 saturated carbocycles. The van der Waals surface area contributed by atoms with Crippen molar-refractivity contribution in [3.8, 4) is 17.1 Å². The molecule has 1 heterocycles. The number of aromatic amines is 1. The van der Waals surface area contributed by atoms with Gasteiger partial charge in [0.2, 0.25) is 0 Å². The number of aromatic hydroxyl groups is 1. The van der Waals surface area contributed by atoms with Gasteiger partial charge in [-0.05, 0) is 44.3 Å². The number of hydrogen-bond acceptors (Lipinski definition) is 3. The Morgan fingerprint density at radius 2 is 2.18 bits per heavy atom. The predicted octanol–water partition coefficient (Wildman–Crippen LogP) is 3.55. The van der Waals surface area contributed by atoms with Crippen LogP contribution in [-0.4, -0.2) is 19.9 Å². The Labute approximate surface area is 109 Å². The molecule has 0 spiro atoms. The summed E-state index contributed by atoms with van der Waals surface area (Å²) in [7, 11) is 0. The minimum absolute atomic E-state index is 0.147. The van der Waals surface area contributed by atoms with E-state index in [0.29, 0.717) is 21.2 Å². The minimum Gasteiger partial charge on any atom is -0.508 e. The molecule has 1 aromatic heterocycles. The smallest absolute Gasteiger partial charge is 0.195 e. The Morgan fingerprint density at radius 1 is 1.47 bits per heavy atom. The zero-order valence-electron chi connectivity index (χ0n) is 9.44. The van der Waals surface area contributed by atoms with Crippen molar-refractivity contribution in [1.29, 1.82) is 0 Å². The summed E-state index contributed by atoms with van der Waals surface area (Å²) in [6.07, 6.45) is 0. The Balaban J connectivity index is 2.69. The molecule has 0 bridgehead atoms. The lowest BCUT2D eigenvalue weighted by Crippen LogP contribution is -2.03. The highest BCUT2D eigenvalue weighted by atomic mass is 35.5. The molecule has 0 aliphatic rings. The van der Waals surface area contributed by atoms with E-state index in [4.69, 9.17) is 23.8 Å². The number of benzene rings is 1. The largest absolute Gasteiger partial charge is 0.508 e. The van der Waals surface area contributed by atoms with Crippen LogP contribution in [-0.2, 0) is 0 Å². The van der Waals surface area contributed by atoms with E-state index in [9.17, 15) is 5.11 Å². The first-order valence-electron chi connectivity index (χ1n) is 5.16. The maximum atomic E-state index is 9.50. The maximum absolute atomic E-state index is 9.50. The van der Waals surface area contributed by atoms with Crippen molar-refractivity contribution in [2.75, 3.05) is 0 Å². The van der Waals surface area contributed by atoms with E-state index in [1.54, 1.807) is 12.1 Å². The highest BCUT2D eigenvalue weighted by Crippen LogP contribution is 2.31. The SMILES string of the molecule is CC(C)n1c(-c2cc(O)ccc2Cl)n[nH]c1=S. The quantitative estimate of drug-likeness (QED) is 0.820. The molecule has 1 aromatic carbocycles. The van der Waals surface area contributed by atoms with Gasteiger partial charge in [-0.1, -0.05) is 11.6 Å². The molecule has 0 amide bonds. The van der Waals surface area contributed by atoms with Crippen LogP contribution in [0.2, 0.25) is 5.02 Å². The number of H-pyrrole nitrogens is 1. The van der Waals surface area contributed by atoms with E-state index in [1.807, 2.05) is 18.4 Å². The molecule has 0 fully saturated rings. The molecule has 2 aromatic rings. The third-order valence-electron chi connectivity index (χ3n) is 2.41. The Bertz CT molecular complexity index is 603. The number of phenolic OH excluding ortho intramolecular Hbond substituents is 1. The van der Waals surface area contributed by atoms with Crippen molar-refractivity contribution >= 4 is 23.8 Å². The standard InChI is InChI=1S/C11H12ClN3OS/c1-6(2)15-10(13-14-11(15)17)8-5-7(16)3-4-9(8)12/h3-6,16H,1-2H3,(H,14,17). The lowest BCUT2D eigenvalue weighted by atomic mass is 10.2. The number of aromatic nitrogens is 3. The van der Waals surface area contributed by atoms with Gasteiger partial charge in [0.25, 0.3) is 0 Å². The van der Waals surface area contributed by atoms with Gasteiger partial charge in [0, 0.05) is 11.6 Å². The van der Waals surface area contributed by atoms with Crippen molar-refractivity contribution in [3.63, 3.8) is 0 Å². The molecule has 90 valence electrons. The monoisotopic (exact) mass is 269 g/mol. The van der Waals surface area contributed by atoms with Crippen molar-refractivity contribution in [1.82, 2.24) is 14.8 Å².